The molecule has 2 atom stereocenters. The van der Waals surface area contributed by atoms with Crippen molar-refractivity contribution in [1.82, 2.24) is 14.9 Å². The Hall–Kier alpha value is -2.02. The molecule has 1 N–H and O–H groups in total. The van der Waals surface area contributed by atoms with Gasteiger partial charge in [0.15, 0.2) is 0 Å². The first-order valence-electron chi connectivity index (χ1n) is 8.56. The van der Waals surface area contributed by atoms with E-state index in [1.807, 2.05) is 26.8 Å². The predicted octanol–water partition coefficient (Wildman–Crippen LogP) is 3.03. The molecule has 0 unspecified atom stereocenters. The van der Waals surface area contributed by atoms with Crippen molar-refractivity contribution in [2.45, 2.75) is 45.7 Å². The first-order chi connectivity index (χ1) is 11.9. The minimum atomic E-state index is -0.883. The number of rotatable bonds is 3. The predicted molar refractivity (Wildman–Crippen MR) is 96.0 cm³/mol. The molecule has 1 aromatic heterocycles. The van der Waals surface area contributed by atoms with Gasteiger partial charge in [-0.1, -0.05) is 0 Å². The van der Waals surface area contributed by atoms with E-state index in [0.717, 1.165) is 35.7 Å². The highest BCUT2D eigenvalue weighted by atomic mass is 35.5. The van der Waals surface area contributed by atoms with E-state index in [0.29, 0.717) is 19.7 Å². The fraction of sp³-hybridized carbons (Fsp3) is 0.588. The number of hydrogen-bond acceptors (Lipinski definition) is 5. The molecular formula is C17H23ClN4O3. The number of piperazine rings is 1. The van der Waals surface area contributed by atoms with Crippen LogP contribution in [0, 0.1) is 0 Å². The van der Waals surface area contributed by atoms with Crippen molar-refractivity contribution < 1.29 is 14.6 Å². The van der Waals surface area contributed by atoms with E-state index < -0.39 is 6.09 Å². The fourth-order valence-electron chi connectivity index (χ4n) is 3.52. The second-order valence-electron chi connectivity index (χ2n) is 6.51. The smallest absolute Gasteiger partial charge is 0.407 e. The van der Waals surface area contributed by atoms with E-state index in [4.69, 9.17) is 16.3 Å². The zero-order valence-corrected chi connectivity index (χ0v) is 15.5. The molecule has 25 heavy (non-hydrogen) atoms. The molecule has 0 radical (unpaired) electrons. The van der Waals surface area contributed by atoms with Gasteiger partial charge in [0.1, 0.15) is 5.82 Å². The molecule has 0 aromatic carbocycles. The monoisotopic (exact) mass is 366 g/mol. The van der Waals surface area contributed by atoms with Gasteiger partial charge in [0.25, 0.3) is 0 Å². The molecule has 2 heterocycles. The summed E-state index contributed by atoms with van der Waals surface area (Å²) in [5, 5.41) is 9.54. The molecule has 2 aliphatic rings. The first kappa shape index (κ1) is 17.8. The van der Waals surface area contributed by atoms with Gasteiger partial charge in [-0.2, -0.15) is 0 Å². The highest BCUT2D eigenvalue weighted by molar-refractivity contribution is 6.28. The van der Waals surface area contributed by atoms with Gasteiger partial charge < -0.3 is 19.6 Å². The number of ether oxygens (including phenoxy) is 1. The van der Waals surface area contributed by atoms with E-state index in [2.05, 4.69) is 14.9 Å². The number of nitrogens with zero attached hydrogens (tertiary/aromatic N) is 4. The largest absolute Gasteiger partial charge is 0.498 e. The van der Waals surface area contributed by atoms with Gasteiger partial charge >= 0.3 is 6.09 Å². The zero-order chi connectivity index (χ0) is 18.1. The summed E-state index contributed by atoms with van der Waals surface area (Å²) in [4.78, 5) is 23.8. The van der Waals surface area contributed by atoms with Crippen LogP contribution >= 0.6 is 11.6 Å². The number of halogens is 1. The van der Waals surface area contributed by atoms with Crippen molar-refractivity contribution in [3.8, 4) is 0 Å². The number of fused-ring (bicyclic) bond motifs is 1. The highest BCUT2D eigenvalue weighted by Crippen LogP contribution is 2.33. The van der Waals surface area contributed by atoms with Crippen molar-refractivity contribution in [3.63, 3.8) is 0 Å². The van der Waals surface area contributed by atoms with Gasteiger partial charge in [-0.05, 0) is 38.8 Å². The molecule has 8 heteroatoms. The molecule has 1 fully saturated rings. The Kier molecular flexibility index (Phi) is 5.03. The minimum absolute atomic E-state index is 0.0136. The Balaban J connectivity index is 1.95. The van der Waals surface area contributed by atoms with Crippen LogP contribution in [-0.2, 0) is 11.2 Å². The van der Waals surface area contributed by atoms with Crippen molar-refractivity contribution >= 4 is 29.6 Å². The van der Waals surface area contributed by atoms with E-state index in [1.165, 1.54) is 4.90 Å². The lowest BCUT2D eigenvalue weighted by Gasteiger charge is -2.44. The minimum Gasteiger partial charge on any atom is -0.498 e. The maximum absolute atomic E-state index is 11.4. The summed E-state index contributed by atoms with van der Waals surface area (Å²) in [5.74, 6) is 1.72. The summed E-state index contributed by atoms with van der Waals surface area (Å²) in [6.07, 6.45) is 2.64. The number of aromatic nitrogens is 2. The second kappa shape index (κ2) is 7.07. The number of anilines is 1. The summed E-state index contributed by atoms with van der Waals surface area (Å²) in [5.41, 5.74) is 1.85. The average molecular weight is 367 g/mol. The van der Waals surface area contributed by atoms with Crippen LogP contribution in [0.1, 0.15) is 38.4 Å². The molecule has 1 aliphatic carbocycles. The van der Waals surface area contributed by atoms with Gasteiger partial charge in [-0.3, -0.25) is 0 Å². The molecule has 0 spiro atoms. The molecule has 1 saturated heterocycles. The molecule has 0 bridgehead atoms. The Morgan fingerprint density at radius 2 is 2.08 bits per heavy atom. The lowest BCUT2D eigenvalue weighted by molar-refractivity contribution is 0.114. The van der Waals surface area contributed by atoms with Crippen molar-refractivity contribution in [2.24, 2.45) is 0 Å². The van der Waals surface area contributed by atoms with Crippen LogP contribution in [0.25, 0.3) is 6.08 Å². The number of allylic oxidation sites excluding steroid dienone is 1. The number of amides is 1. The lowest BCUT2D eigenvalue weighted by atomic mass is 9.99. The van der Waals surface area contributed by atoms with Crippen LogP contribution in [-0.4, -0.2) is 57.8 Å². The third kappa shape index (κ3) is 3.51. The molecular weight excluding hydrogens is 344 g/mol. The maximum atomic E-state index is 11.4. The van der Waals surface area contributed by atoms with Gasteiger partial charge in [-0.25, -0.2) is 14.8 Å². The zero-order valence-electron chi connectivity index (χ0n) is 14.7. The Morgan fingerprint density at radius 1 is 1.32 bits per heavy atom. The number of carbonyl (C=O) groups is 1. The van der Waals surface area contributed by atoms with Crippen LogP contribution in [0.15, 0.2) is 5.76 Å². The molecule has 136 valence electrons. The summed E-state index contributed by atoms with van der Waals surface area (Å²) in [6, 6.07) is -0.101. The Labute approximate surface area is 152 Å². The van der Waals surface area contributed by atoms with E-state index in [-0.39, 0.29) is 17.4 Å². The third-order valence-electron chi connectivity index (χ3n) is 4.74. The summed E-state index contributed by atoms with van der Waals surface area (Å²) in [7, 11) is 0. The topological polar surface area (TPSA) is 78.8 Å². The average Bonchev–Trinajstić information content (AvgIpc) is 2.55. The molecule has 7 nitrogen and oxygen atoms in total. The quantitative estimate of drug-likeness (QED) is 0.828. The normalized spacial score (nSPS) is 23.1. The maximum Gasteiger partial charge on any atom is 0.407 e. The Morgan fingerprint density at radius 3 is 2.76 bits per heavy atom. The molecule has 1 aromatic rings. The number of carboxylic acid groups (broad SMARTS) is 1. The fourth-order valence-corrected chi connectivity index (χ4v) is 3.69. The first-order valence-corrected chi connectivity index (χ1v) is 8.94. The van der Waals surface area contributed by atoms with E-state index >= 15 is 0 Å². The van der Waals surface area contributed by atoms with Crippen LogP contribution < -0.4 is 4.90 Å². The lowest BCUT2D eigenvalue weighted by Crippen LogP contribution is -2.58. The standard InChI is InChI=1S/C17H23ClN4O3/c1-4-25-12-5-6-13-14(7-12)19-16(18)20-15(13)21-8-11(3)22(17(23)24)9-10(21)2/h7,10-11H,4-6,8-9H2,1-3H3,(H,23,24)/t10-,11+/m0/s1. The molecule has 3 rings (SSSR count). The molecule has 0 saturated carbocycles. The van der Waals surface area contributed by atoms with Gasteiger partial charge in [0.05, 0.1) is 18.1 Å². The van der Waals surface area contributed by atoms with E-state index in [9.17, 15) is 9.90 Å². The molecule has 1 aliphatic heterocycles. The second-order valence-corrected chi connectivity index (χ2v) is 6.85. The highest BCUT2D eigenvalue weighted by Gasteiger charge is 2.34. The summed E-state index contributed by atoms with van der Waals surface area (Å²) >= 11 is 6.17. The Bertz CT molecular complexity index is 709. The molecule has 1 amide bonds. The SMILES string of the molecule is CCOC1=Cc2nc(Cl)nc(N3C[C@@H](C)N(C(=O)O)C[C@@H]3C)c2CC1. The van der Waals surface area contributed by atoms with Crippen molar-refractivity contribution in [1.29, 1.82) is 0 Å². The van der Waals surface area contributed by atoms with Gasteiger partial charge in [0, 0.05) is 43.2 Å². The summed E-state index contributed by atoms with van der Waals surface area (Å²) in [6.45, 7) is 7.52. The number of hydrogen-bond donors (Lipinski definition) is 1. The van der Waals surface area contributed by atoms with Crippen molar-refractivity contribution in [2.75, 3.05) is 24.6 Å². The van der Waals surface area contributed by atoms with Gasteiger partial charge in [0.2, 0.25) is 5.28 Å². The third-order valence-corrected chi connectivity index (χ3v) is 4.91. The van der Waals surface area contributed by atoms with Crippen LogP contribution in [0.5, 0.6) is 0 Å². The summed E-state index contributed by atoms with van der Waals surface area (Å²) < 4.78 is 5.62. The van der Waals surface area contributed by atoms with E-state index in [1.54, 1.807) is 0 Å². The van der Waals surface area contributed by atoms with Gasteiger partial charge in [-0.15, -0.1) is 0 Å². The van der Waals surface area contributed by atoms with Crippen LogP contribution in [0.4, 0.5) is 10.6 Å². The van der Waals surface area contributed by atoms with Crippen LogP contribution in [0.3, 0.4) is 0 Å². The van der Waals surface area contributed by atoms with Crippen LogP contribution in [0.2, 0.25) is 5.28 Å². The van der Waals surface area contributed by atoms with Crippen molar-refractivity contribution in [3.05, 3.63) is 22.3 Å².